The van der Waals surface area contributed by atoms with Gasteiger partial charge in [-0.1, -0.05) is 42.5 Å². The van der Waals surface area contributed by atoms with Gasteiger partial charge in [-0.05, 0) is 69.5 Å². The van der Waals surface area contributed by atoms with Gasteiger partial charge >= 0.3 is 0 Å². The largest absolute Gasteiger partial charge is 0.377 e. The Kier molecular flexibility index (Phi) is 5.70. The minimum Gasteiger partial charge on any atom is -0.377 e. The molecule has 0 aliphatic carbocycles. The summed E-state index contributed by atoms with van der Waals surface area (Å²) in [7, 11) is 0. The molecule has 27 heavy (non-hydrogen) atoms. The molecule has 0 aliphatic rings. The number of aromatic nitrogens is 1. The van der Waals surface area contributed by atoms with Crippen LogP contribution in [0.2, 0.25) is 0 Å². The zero-order valence-electron chi connectivity index (χ0n) is 16.7. The Hall–Kier alpha value is -2.94. The Labute approximate surface area is 162 Å². The van der Waals surface area contributed by atoms with Crippen LogP contribution in [0.4, 0.5) is 11.4 Å². The molecule has 3 heteroatoms. The van der Waals surface area contributed by atoms with E-state index in [1.54, 1.807) is 0 Å². The van der Waals surface area contributed by atoms with Crippen molar-refractivity contribution in [2.75, 3.05) is 5.32 Å². The molecule has 1 heterocycles. The number of nitrogens with zero attached hydrogens (tertiary/aromatic N) is 2. The van der Waals surface area contributed by atoms with Gasteiger partial charge in [0, 0.05) is 5.69 Å². The van der Waals surface area contributed by atoms with Crippen molar-refractivity contribution in [2.24, 2.45) is 4.99 Å². The van der Waals surface area contributed by atoms with E-state index < -0.39 is 0 Å². The number of benzene rings is 2. The van der Waals surface area contributed by atoms with Gasteiger partial charge in [0.15, 0.2) is 0 Å². The Bertz CT molecular complexity index is 953. The summed E-state index contributed by atoms with van der Waals surface area (Å²) in [5.41, 5.74) is 8.67. The van der Waals surface area contributed by atoms with Crippen LogP contribution in [0.15, 0.2) is 65.7 Å². The monoisotopic (exact) mass is 357 g/mol. The number of para-hydroxylation sites is 2. The van der Waals surface area contributed by atoms with E-state index in [1.165, 1.54) is 16.8 Å². The van der Waals surface area contributed by atoms with E-state index >= 15 is 0 Å². The van der Waals surface area contributed by atoms with Gasteiger partial charge in [0.2, 0.25) is 0 Å². The third-order valence-electron chi connectivity index (χ3n) is 4.83. The maximum Gasteiger partial charge on any atom is 0.0846 e. The molecule has 3 nitrogen and oxygen atoms in total. The van der Waals surface area contributed by atoms with Crippen LogP contribution in [0.5, 0.6) is 0 Å². The van der Waals surface area contributed by atoms with Gasteiger partial charge in [-0.15, -0.1) is 0 Å². The van der Waals surface area contributed by atoms with Crippen LogP contribution < -0.4 is 5.32 Å². The molecule has 0 saturated carbocycles. The number of hydrogen-bond donors (Lipinski definition) is 1. The van der Waals surface area contributed by atoms with Gasteiger partial charge < -0.3 is 5.32 Å². The number of pyridine rings is 1. The Morgan fingerprint density at radius 1 is 0.852 bits per heavy atom. The molecule has 0 spiro atoms. The quantitative estimate of drug-likeness (QED) is 0.542. The van der Waals surface area contributed by atoms with Crippen LogP contribution in [0.25, 0.3) is 0 Å². The van der Waals surface area contributed by atoms with Crippen molar-refractivity contribution in [3.8, 4) is 0 Å². The first-order chi connectivity index (χ1) is 13.0. The third kappa shape index (κ3) is 4.43. The van der Waals surface area contributed by atoms with Crippen molar-refractivity contribution in [2.45, 2.75) is 40.7 Å². The molecule has 0 bridgehead atoms. The van der Waals surface area contributed by atoms with E-state index in [2.05, 4.69) is 69.4 Å². The lowest BCUT2D eigenvalue weighted by Crippen LogP contribution is -2.12. The predicted molar refractivity (Wildman–Crippen MR) is 115 cm³/mol. The summed E-state index contributed by atoms with van der Waals surface area (Å²) in [4.78, 5) is 9.64. The zero-order chi connectivity index (χ0) is 19.4. The summed E-state index contributed by atoms with van der Waals surface area (Å²) in [6, 6.07) is 20.7. The molecule has 1 atom stereocenters. The number of aliphatic imine (C=N–C) groups is 1. The van der Waals surface area contributed by atoms with Gasteiger partial charge in [-0.2, -0.15) is 0 Å². The van der Waals surface area contributed by atoms with Crippen molar-refractivity contribution < 1.29 is 0 Å². The van der Waals surface area contributed by atoms with E-state index in [0.717, 1.165) is 28.4 Å². The second-order valence-corrected chi connectivity index (χ2v) is 7.06. The summed E-state index contributed by atoms with van der Waals surface area (Å²) in [5.74, 6) is 0. The molecular formula is C24H27N3. The topological polar surface area (TPSA) is 37.3 Å². The van der Waals surface area contributed by atoms with Crippen LogP contribution in [-0.2, 0) is 0 Å². The molecule has 0 amide bonds. The van der Waals surface area contributed by atoms with Crippen LogP contribution in [0.1, 0.15) is 48.0 Å². The van der Waals surface area contributed by atoms with E-state index in [0.29, 0.717) is 0 Å². The van der Waals surface area contributed by atoms with E-state index in [9.17, 15) is 0 Å². The number of rotatable bonds is 5. The highest BCUT2D eigenvalue weighted by Crippen LogP contribution is 2.25. The van der Waals surface area contributed by atoms with Crippen molar-refractivity contribution in [1.82, 2.24) is 4.98 Å². The smallest absolute Gasteiger partial charge is 0.0846 e. The number of anilines is 1. The fraction of sp³-hybridized carbons (Fsp3) is 0.250. The highest BCUT2D eigenvalue weighted by molar-refractivity contribution is 5.98. The lowest BCUT2D eigenvalue weighted by atomic mass is 10.1. The van der Waals surface area contributed by atoms with E-state index in [1.807, 2.05) is 31.2 Å². The number of aryl methyl sites for hydroxylation is 3. The third-order valence-corrected chi connectivity index (χ3v) is 4.83. The summed E-state index contributed by atoms with van der Waals surface area (Å²) >= 11 is 0. The maximum atomic E-state index is 4.86. The second kappa shape index (κ2) is 8.17. The lowest BCUT2D eigenvalue weighted by Gasteiger charge is -2.19. The van der Waals surface area contributed by atoms with Gasteiger partial charge in [0.05, 0.1) is 28.8 Å². The minimum absolute atomic E-state index is 0.107. The molecule has 1 aromatic heterocycles. The highest BCUT2D eigenvalue weighted by Gasteiger charge is 2.11. The molecule has 0 radical (unpaired) electrons. The molecule has 0 saturated heterocycles. The first kappa shape index (κ1) is 18.8. The zero-order valence-corrected chi connectivity index (χ0v) is 16.7. The van der Waals surface area contributed by atoms with Crippen molar-refractivity contribution >= 4 is 17.1 Å². The van der Waals surface area contributed by atoms with E-state index in [-0.39, 0.29) is 6.04 Å². The van der Waals surface area contributed by atoms with Crippen molar-refractivity contribution in [3.63, 3.8) is 0 Å². The molecule has 2 aromatic carbocycles. The van der Waals surface area contributed by atoms with Gasteiger partial charge in [0.25, 0.3) is 0 Å². The summed E-state index contributed by atoms with van der Waals surface area (Å²) < 4.78 is 0. The van der Waals surface area contributed by atoms with Gasteiger partial charge in [-0.25, -0.2) is 4.98 Å². The second-order valence-electron chi connectivity index (χ2n) is 7.06. The minimum atomic E-state index is 0.107. The number of nitrogens with one attached hydrogen (secondary N) is 1. The first-order valence-electron chi connectivity index (χ1n) is 9.36. The van der Waals surface area contributed by atoms with Gasteiger partial charge in [0.1, 0.15) is 0 Å². The highest BCUT2D eigenvalue weighted by atomic mass is 14.9. The predicted octanol–water partition coefficient (Wildman–Crippen LogP) is 6.32. The molecular weight excluding hydrogens is 330 g/mol. The summed E-state index contributed by atoms with van der Waals surface area (Å²) in [5, 5.41) is 3.62. The van der Waals surface area contributed by atoms with Gasteiger partial charge in [-0.3, -0.25) is 4.99 Å². The van der Waals surface area contributed by atoms with E-state index in [4.69, 9.17) is 9.98 Å². The molecule has 138 valence electrons. The maximum absolute atomic E-state index is 4.86. The van der Waals surface area contributed by atoms with Crippen LogP contribution in [0.3, 0.4) is 0 Å². The molecule has 0 aliphatic heterocycles. The van der Waals surface area contributed by atoms with Crippen molar-refractivity contribution in [1.29, 1.82) is 0 Å². The molecule has 3 rings (SSSR count). The standard InChI is InChI=1S/C24H27N3/c1-16-10-6-7-13-21(16)25-19(4)22-14-9-15-23(27-22)20(5)26-24-17(2)11-8-12-18(24)3/h6-15,20,26H,1-5H3/b25-19+. The molecule has 0 fully saturated rings. The van der Waals surface area contributed by atoms with Crippen LogP contribution >= 0.6 is 0 Å². The summed E-state index contributed by atoms with van der Waals surface area (Å²) in [6.07, 6.45) is 0. The molecule has 3 aromatic rings. The SMILES string of the molecule is C/C(=N\c1ccccc1C)c1cccc(C(C)Nc2c(C)cccc2C)n1. The van der Waals surface area contributed by atoms with Crippen LogP contribution in [0, 0.1) is 20.8 Å². The average Bonchev–Trinajstić information content (AvgIpc) is 2.66. The fourth-order valence-electron chi connectivity index (χ4n) is 3.15. The first-order valence-corrected chi connectivity index (χ1v) is 9.36. The molecule has 1 N–H and O–H groups in total. The normalized spacial score (nSPS) is 12.7. The lowest BCUT2D eigenvalue weighted by molar-refractivity contribution is 0.834. The van der Waals surface area contributed by atoms with Crippen LogP contribution in [-0.4, -0.2) is 10.7 Å². The molecule has 1 unspecified atom stereocenters. The Balaban J connectivity index is 1.86. The number of hydrogen-bond acceptors (Lipinski definition) is 3. The van der Waals surface area contributed by atoms with Crippen molar-refractivity contribution in [3.05, 3.63) is 88.7 Å². The summed E-state index contributed by atoms with van der Waals surface area (Å²) in [6.45, 7) is 10.5. The Morgan fingerprint density at radius 2 is 1.48 bits per heavy atom. The Morgan fingerprint density at radius 3 is 2.19 bits per heavy atom. The fourth-order valence-corrected chi connectivity index (χ4v) is 3.15. The average molecular weight is 358 g/mol.